The molecule has 1 aliphatic heterocycles. The SMILES string of the molecule is c1ccc(-c2cccc(-c3cc4c(c5c3sc3ccccc35)NC(c3ccc(-c5ccc6c7ccccc7n(-c7ccccc7)c6c5)cc3)S4)c2)cc1. The first kappa shape index (κ1) is 30.5. The highest BCUT2D eigenvalue weighted by atomic mass is 32.2. The number of para-hydroxylation sites is 2. The first-order chi connectivity index (χ1) is 26.3. The molecule has 1 N–H and O–H groups in total. The van der Waals surface area contributed by atoms with Crippen LogP contribution in [0.1, 0.15) is 10.9 Å². The Bertz CT molecular complexity index is 2990. The van der Waals surface area contributed by atoms with E-state index in [0.717, 1.165) is 0 Å². The maximum Gasteiger partial charge on any atom is 0.103 e. The molecule has 0 amide bonds. The van der Waals surface area contributed by atoms with Crippen LogP contribution >= 0.6 is 23.1 Å². The van der Waals surface area contributed by atoms with Gasteiger partial charge in [0.15, 0.2) is 0 Å². The minimum absolute atomic E-state index is 0.120. The average Bonchev–Trinajstić information content (AvgIpc) is 3.93. The Morgan fingerprint density at radius 2 is 1.11 bits per heavy atom. The van der Waals surface area contributed by atoms with Crippen molar-refractivity contribution in [2.75, 3.05) is 5.32 Å². The van der Waals surface area contributed by atoms with Gasteiger partial charge in [-0.1, -0.05) is 151 Å². The first-order valence-corrected chi connectivity index (χ1v) is 19.7. The summed E-state index contributed by atoms with van der Waals surface area (Å²) in [4.78, 5) is 1.30. The van der Waals surface area contributed by atoms with Gasteiger partial charge in [0, 0.05) is 47.1 Å². The summed E-state index contributed by atoms with van der Waals surface area (Å²) in [7, 11) is 0. The highest BCUT2D eigenvalue weighted by Gasteiger charge is 2.28. The van der Waals surface area contributed by atoms with Crippen LogP contribution in [0.2, 0.25) is 0 Å². The summed E-state index contributed by atoms with van der Waals surface area (Å²) in [6, 6.07) is 66.4. The van der Waals surface area contributed by atoms with Gasteiger partial charge in [0.1, 0.15) is 5.37 Å². The van der Waals surface area contributed by atoms with E-state index < -0.39 is 0 Å². The molecule has 8 aromatic carbocycles. The molecule has 11 rings (SSSR count). The Morgan fingerprint density at radius 3 is 1.96 bits per heavy atom. The molecule has 0 bridgehead atoms. The van der Waals surface area contributed by atoms with Crippen LogP contribution in [0.15, 0.2) is 187 Å². The van der Waals surface area contributed by atoms with Crippen molar-refractivity contribution >= 4 is 70.8 Å². The van der Waals surface area contributed by atoms with Crippen molar-refractivity contribution in [3.63, 3.8) is 0 Å². The number of hydrogen-bond acceptors (Lipinski definition) is 3. The molecule has 4 heteroatoms. The molecule has 0 fully saturated rings. The molecule has 1 aliphatic rings. The minimum atomic E-state index is 0.120. The normalized spacial score (nSPS) is 13.9. The molecule has 1 atom stereocenters. The summed E-state index contributed by atoms with van der Waals surface area (Å²) in [5.74, 6) is 0. The van der Waals surface area contributed by atoms with Gasteiger partial charge in [0.2, 0.25) is 0 Å². The number of anilines is 1. The standard InChI is InChI=1S/C49H32N2S2/c1-3-12-31(13-4-1)34-14-11-15-36(28-34)41-30-45-47(46-40-19-8-10-21-44(40)52-48(41)46)50-49(53-45)33-24-22-32(23-25-33)35-26-27-39-38-18-7-9-20-42(38)51(43(39)29-35)37-16-5-2-6-17-37/h1-30,49-50H. The predicted molar refractivity (Wildman–Crippen MR) is 229 cm³/mol. The van der Waals surface area contributed by atoms with E-state index in [4.69, 9.17) is 0 Å². The van der Waals surface area contributed by atoms with Crippen molar-refractivity contribution in [3.05, 3.63) is 188 Å². The number of thiophene rings is 1. The van der Waals surface area contributed by atoms with Gasteiger partial charge in [0.25, 0.3) is 0 Å². The number of nitrogens with one attached hydrogen (secondary N) is 1. The summed E-state index contributed by atoms with van der Waals surface area (Å²) >= 11 is 3.82. The van der Waals surface area contributed by atoms with Gasteiger partial charge in [-0.15, -0.1) is 11.3 Å². The van der Waals surface area contributed by atoms with Gasteiger partial charge in [-0.2, -0.15) is 0 Å². The fourth-order valence-electron chi connectivity index (χ4n) is 8.12. The minimum Gasteiger partial charge on any atom is -0.368 e. The third-order valence-electron chi connectivity index (χ3n) is 10.6. The van der Waals surface area contributed by atoms with E-state index in [1.165, 1.54) is 97.2 Å². The van der Waals surface area contributed by atoms with Crippen LogP contribution in [0.3, 0.4) is 0 Å². The average molecular weight is 713 g/mol. The van der Waals surface area contributed by atoms with Gasteiger partial charge in [0.05, 0.1) is 16.7 Å². The van der Waals surface area contributed by atoms with Crippen molar-refractivity contribution in [3.8, 4) is 39.1 Å². The molecule has 250 valence electrons. The highest BCUT2D eigenvalue weighted by molar-refractivity contribution is 8.00. The van der Waals surface area contributed by atoms with Crippen LogP contribution in [0, 0.1) is 0 Å². The summed E-state index contributed by atoms with van der Waals surface area (Å²) in [6.07, 6.45) is 0. The van der Waals surface area contributed by atoms with Crippen molar-refractivity contribution in [1.82, 2.24) is 4.57 Å². The summed E-state index contributed by atoms with van der Waals surface area (Å²) in [5, 5.41) is 9.29. The lowest BCUT2D eigenvalue weighted by Crippen LogP contribution is -2.01. The highest BCUT2D eigenvalue weighted by Crippen LogP contribution is 2.55. The Hall–Kier alpha value is -6.07. The molecule has 0 aliphatic carbocycles. The summed E-state index contributed by atoms with van der Waals surface area (Å²) in [6.45, 7) is 0. The summed E-state index contributed by atoms with van der Waals surface area (Å²) < 4.78 is 5.04. The molecule has 2 aromatic heterocycles. The number of thioether (sulfide) groups is 1. The molecular weight excluding hydrogens is 681 g/mol. The zero-order valence-electron chi connectivity index (χ0n) is 28.7. The monoisotopic (exact) mass is 712 g/mol. The van der Waals surface area contributed by atoms with E-state index in [-0.39, 0.29) is 5.37 Å². The fourth-order valence-corrected chi connectivity index (χ4v) is 10.6. The third kappa shape index (κ3) is 5.02. The number of rotatable bonds is 5. The molecule has 0 saturated heterocycles. The second kappa shape index (κ2) is 12.3. The molecule has 2 nitrogen and oxygen atoms in total. The quantitative estimate of drug-likeness (QED) is 0.191. The van der Waals surface area contributed by atoms with Crippen LogP contribution in [-0.4, -0.2) is 4.57 Å². The van der Waals surface area contributed by atoms with E-state index in [2.05, 4.69) is 192 Å². The van der Waals surface area contributed by atoms with Crippen LogP contribution in [0.4, 0.5) is 5.69 Å². The van der Waals surface area contributed by atoms with E-state index >= 15 is 0 Å². The topological polar surface area (TPSA) is 17.0 Å². The van der Waals surface area contributed by atoms with Gasteiger partial charge < -0.3 is 9.88 Å². The smallest absolute Gasteiger partial charge is 0.103 e. The fraction of sp³-hybridized carbons (Fsp3) is 0.0204. The molecule has 1 unspecified atom stereocenters. The molecule has 10 aromatic rings. The second-order valence-electron chi connectivity index (χ2n) is 13.7. The molecule has 0 spiro atoms. The summed E-state index contributed by atoms with van der Waals surface area (Å²) in [5.41, 5.74) is 13.6. The maximum atomic E-state index is 3.98. The van der Waals surface area contributed by atoms with Crippen molar-refractivity contribution in [2.24, 2.45) is 0 Å². The van der Waals surface area contributed by atoms with Crippen molar-refractivity contribution < 1.29 is 0 Å². The first-order valence-electron chi connectivity index (χ1n) is 18.0. The number of aromatic nitrogens is 1. The third-order valence-corrected chi connectivity index (χ3v) is 13.1. The largest absolute Gasteiger partial charge is 0.368 e. The van der Waals surface area contributed by atoms with E-state index in [9.17, 15) is 0 Å². The maximum absolute atomic E-state index is 3.98. The molecule has 3 heterocycles. The predicted octanol–water partition coefficient (Wildman–Crippen LogP) is 14.4. The zero-order valence-corrected chi connectivity index (χ0v) is 30.3. The van der Waals surface area contributed by atoms with E-state index in [1.54, 1.807) is 0 Å². The lowest BCUT2D eigenvalue weighted by atomic mass is 9.97. The van der Waals surface area contributed by atoms with Crippen molar-refractivity contribution in [2.45, 2.75) is 10.3 Å². The molecule has 0 saturated carbocycles. The Labute approximate surface area is 316 Å². The van der Waals surface area contributed by atoms with Crippen LogP contribution in [0.5, 0.6) is 0 Å². The number of hydrogen-bond donors (Lipinski definition) is 1. The number of benzene rings is 8. The van der Waals surface area contributed by atoms with Gasteiger partial charge in [-0.25, -0.2) is 0 Å². The van der Waals surface area contributed by atoms with Gasteiger partial charge >= 0.3 is 0 Å². The van der Waals surface area contributed by atoms with Gasteiger partial charge in [-0.05, 0) is 75.8 Å². The molecule has 53 heavy (non-hydrogen) atoms. The number of fused-ring (bicyclic) bond motifs is 8. The van der Waals surface area contributed by atoms with E-state index in [1.807, 2.05) is 23.1 Å². The van der Waals surface area contributed by atoms with Gasteiger partial charge in [-0.3, -0.25) is 0 Å². The molecule has 0 radical (unpaired) electrons. The van der Waals surface area contributed by atoms with Crippen LogP contribution in [0.25, 0.3) is 81.0 Å². The Morgan fingerprint density at radius 1 is 0.472 bits per heavy atom. The number of nitrogens with zero attached hydrogens (tertiary/aromatic N) is 1. The second-order valence-corrected chi connectivity index (χ2v) is 15.9. The Kier molecular flexibility index (Phi) is 7.07. The van der Waals surface area contributed by atoms with Crippen LogP contribution in [-0.2, 0) is 0 Å². The lowest BCUT2D eigenvalue weighted by Gasteiger charge is -2.13. The Balaban J connectivity index is 0.970. The van der Waals surface area contributed by atoms with Crippen LogP contribution < -0.4 is 5.32 Å². The molecular formula is C49H32N2S2. The van der Waals surface area contributed by atoms with Crippen molar-refractivity contribution in [1.29, 1.82) is 0 Å². The van der Waals surface area contributed by atoms with E-state index in [0.29, 0.717) is 0 Å². The zero-order chi connectivity index (χ0) is 34.9. The lowest BCUT2D eigenvalue weighted by molar-refractivity contribution is 1.14.